The average molecular weight is 226 g/mol. The second-order valence-corrected chi connectivity index (χ2v) is 6.22. The zero-order valence-electron chi connectivity index (χ0n) is 10.6. The van der Waals surface area contributed by atoms with Crippen LogP contribution in [0.1, 0.15) is 47.0 Å². The third-order valence-corrected chi connectivity index (χ3v) is 5.43. The Hall–Kier alpha value is -0.570. The fourth-order valence-corrected chi connectivity index (χ4v) is 3.64. The van der Waals surface area contributed by atoms with E-state index in [1.807, 2.05) is 0 Å². The van der Waals surface area contributed by atoms with Crippen LogP contribution < -0.4 is 0 Å². The molecule has 2 bridgehead atoms. The van der Waals surface area contributed by atoms with Gasteiger partial charge in [0.05, 0.1) is 6.10 Å². The van der Waals surface area contributed by atoms with Crippen molar-refractivity contribution in [2.24, 2.45) is 16.7 Å². The van der Waals surface area contributed by atoms with E-state index in [0.717, 1.165) is 6.42 Å². The van der Waals surface area contributed by atoms with Crippen molar-refractivity contribution in [3.05, 3.63) is 0 Å². The summed E-state index contributed by atoms with van der Waals surface area (Å²) in [6, 6.07) is 0. The van der Waals surface area contributed by atoms with Gasteiger partial charge in [0.2, 0.25) is 0 Å². The molecule has 2 aliphatic rings. The molecule has 4 unspecified atom stereocenters. The maximum absolute atomic E-state index is 10.8. The summed E-state index contributed by atoms with van der Waals surface area (Å²) >= 11 is 0. The number of rotatable bonds is 3. The van der Waals surface area contributed by atoms with E-state index in [4.69, 9.17) is 9.84 Å². The molecule has 2 fully saturated rings. The molecule has 0 saturated heterocycles. The minimum absolute atomic E-state index is 0.118. The molecule has 2 saturated carbocycles. The first-order valence-electron chi connectivity index (χ1n) is 6.17. The van der Waals surface area contributed by atoms with Gasteiger partial charge in [0, 0.05) is 0 Å². The second-order valence-electron chi connectivity index (χ2n) is 6.22. The number of hydrogen-bond acceptors (Lipinski definition) is 2. The van der Waals surface area contributed by atoms with Crippen molar-refractivity contribution < 1.29 is 14.6 Å². The van der Waals surface area contributed by atoms with E-state index in [9.17, 15) is 4.79 Å². The van der Waals surface area contributed by atoms with Crippen molar-refractivity contribution in [1.82, 2.24) is 0 Å². The van der Waals surface area contributed by atoms with Gasteiger partial charge >= 0.3 is 5.97 Å². The lowest BCUT2D eigenvalue weighted by Gasteiger charge is -2.39. The zero-order valence-corrected chi connectivity index (χ0v) is 10.6. The lowest BCUT2D eigenvalue weighted by molar-refractivity contribution is -0.159. The lowest BCUT2D eigenvalue weighted by Crippen LogP contribution is -2.40. The van der Waals surface area contributed by atoms with Gasteiger partial charge in [-0.3, -0.25) is 0 Å². The Kier molecular flexibility index (Phi) is 2.57. The fraction of sp³-hybridized carbons (Fsp3) is 0.923. The molecular formula is C13H22O3. The van der Waals surface area contributed by atoms with E-state index in [-0.39, 0.29) is 16.9 Å². The molecule has 0 aromatic rings. The topological polar surface area (TPSA) is 46.5 Å². The zero-order chi connectivity index (χ0) is 12.1. The highest BCUT2D eigenvalue weighted by Crippen LogP contribution is 2.66. The highest BCUT2D eigenvalue weighted by atomic mass is 16.5. The smallest absolute Gasteiger partial charge is 0.332 e. The van der Waals surface area contributed by atoms with Crippen molar-refractivity contribution in [2.75, 3.05) is 0 Å². The molecule has 2 aliphatic carbocycles. The predicted octanol–water partition coefficient (Wildman–Crippen LogP) is 2.69. The van der Waals surface area contributed by atoms with Crippen molar-refractivity contribution in [3.8, 4) is 0 Å². The third kappa shape index (κ3) is 1.41. The SMILES string of the molecule is CC(OC1CC2CCC1(C)C2(C)C)C(=O)O. The minimum Gasteiger partial charge on any atom is -0.479 e. The first kappa shape index (κ1) is 11.9. The highest BCUT2D eigenvalue weighted by molar-refractivity contribution is 5.71. The number of fused-ring (bicyclic) bond motifs is 2. The number of hydrogen-bond donors (Lipinski definition) is 1. The summed E-state index contributed by atoms with van der Waals surface area (Å²) in [5.74, 6) is -0.160. The number of aliphatic carboxylic acids is 1. The maximum atomic E-state index is 10.8. The van der Waals surface area contributed by atoms with Crippen LogP contribution in [-0.2, 0) is 9.53 Å². The first-order chi connectivity index (χ1) is 7.29. The summed E-state index contributed by atoms with van der Waals surface area (Å²) in [5, 5.41) is 8.90. The van der Waals surface area contributed by atoms with Crippen LogP contribution in [0.15, 0.2) is 0 Å². The highest BCUT2D eigenvalue weighted by Gasteiger charge is 2.62. The van der Waals surface area contributed by atoms with Crippen LogP contribution in [0.3, 0.4) is 0 Å². The Morgan fingerprint density at radius 3 is 2.44 bits per heavy atom. The van der Waals surface area contributed by atoms with E-state index < -0.39 is 12.1 Å². The summed E-state index contributed by atoms with van der Waals surface area (Å²) in [5.41, 5.74) is 0.442. The normalized spacial score (nSPS) is 42.2. The molecule has 92 valence electrons. The van der Waals surface area contributed by atoms with E-state index in [1.165, 1.54) is 12.8 Å². The summed E-state index contributed by atoms with van der Waals surface area (Å²) in [4.78, 5) is 10.8. The van der Waals surface area contributed by atoms with Crippen molar-refractivity contribution >= 4 is 5.97 Å². The average Bonchev–Trinajstić information content (AvgIpc) is 2.50. The Bertz CT molecular complexity index is 310. The molecule has 4 atom stereocenters. The Balaban J connectivity index is 2.13. The van der Waals surface area contributed by atoms with E-state index in [2.05, 4.69) is 20.8 Å². The quantitative estimate of drug-likeness (QED) is 0.804. The van der Waals surface area contributed by atoms with Crippen LogP contribution in [-0.4, -0.2) is 23.3 Å². The third-order valence-electron chi connectivity index (χ3n) is 5.43. The van der Waals surface area contributed by atoms with E-state index in [1.54, 1.807) is 6.92 Å². The molecule has 3 nitrogen and oxygen atoms in total. The van der Waals surface area contributed by atoms with Gasteiger partial charge < -0.3 is 9.84 Å². The van der Waals surface area contributed by atoms with Crippen LogP contribution in [0.5, 0.6) is 0 Å². The van der Waals surface area contributed by atoms with Gasteiger partial charge in [-0.05, 0) is 42.9 Å². The minimum atomic E-state index is -0.857. The lowest BCUT2D eigenvalue weighted by atomic mass is 9.70. The Morgan fingerprint density at radius 1 is 1.44 bits per heavy atom. The van der Waals surface area contributed by atoms with Crippen molar-refractivity contribution in [1.29, 1.82) is 0 Å². The van der Waals surface area contributed by atoms with Gasteiger partial charge in [-0.25, -0.2) is 4.79 Å². The summed E-state index contributed by atoms with van der Waals surface area (Å²) < 4.78 is 5.75. The van der Waals surface area contributed by atoms with Gasteiger partial charge in [-0.15, -0.1) is 0 Å². The number of carbonyl (C=O) groups is 1. The largest absolute Gasteiger partial charge is 0.479 e. The molecule has 0 aromatic heterocycles. The Morgan fingerprint density at radius 2 is 2.06 bits per heavy atom. The van der Waals surface area contributed by atoms with Crippen LogP contribution in [0.25, 0.3) is 0 Å². The fourth-order valence-electron chi connectivity index (χ4n) is 3.64. The Labute approximate surface area is 97.2 Å². The van der Waals surface area contributed by atoms with E-state index >= 15 is 0 Å². The standard InChI is InChI=1S/C13H22O3/c1-8(11(14)15)16-10-7-9-5-6-13(10,4)12(9,2)3/h8-10H,5-7H2,1-4H3,(H,14,15). The summed E-state index contributed by atoms with van der Waals surface area (Å²) in [7, 11) is 0. The molecule has 3 heteroatoms. The predicted molar refractivity (Wildman–Crippen MR) is 61.2 cm³/mol. The van der Waals surface area contributed by atoms with Gasteiger partial charge in [0.15, 0.2) is 6.10 Å². The molecule has 0 heterocycles. The molecule has 0 spiro atoms. The second kappa shape index (κ2) is 3.46. The molecule has 16 heavy (non-hydrogen) atoms. The summed E-state index contributed by atoms with van der Waals surface area (Å²) in [6.07, 6.45) is 2.90. The molecular weight excluding hydrogens is 204 g/mol. The maximum Gasteiger partial charge on any atom is 0.332 e. The molecule has 1 N–H and O–H groups in total. The van der Waals surface area contributed by atoms with Gasteiger partial charge in [0.25, 0.3) is 0 Å². The van der Waals surface area contributed by atoms with Crippen LogP contribution in [0.2, 0.25) is 0 Å². The molecule has 0 radical (unpaired) electrons. The molecule has 0 amide bonds. The first-order valence-corrected chi connectivity index (χ1v) is 6.17. The van der Waals surface area contributed by atoms with Crippen LogP contribution in [0.4, 0.5) is 0 Å². The van der Waals surface area contributed by atoms with E-state index in [0.29, 0.717) is 5.92 Å². The van der Waals surface area contributed by atoms with Gasteiger partial charge in [-0.1, -0.05) is 20.8 Å². The molecule has 2 rings (SSSR count). The number of ether oxygens (including phenoxy) is 1. The van der Waals surface area contributed by atoms with Crippen molar-refractivity contribution in [3.63, 3.8) is 0 Å². The number of carboxylic acid groups (broad SMARTS) is 1. The monoisotopic (exact) mass is 226 g/mol. The molecule has 0 aromatic carbocycles. The van der Waals surface area contributed by atoms with Gasteiger partial charge in [-0.2, -0.15) is 0 Å². The van der Waals surface area contributed by atoms with Gasteiger partial charge in [0.1, 0.15) is 0 Å². The number of carboxylic acids is 1. The van der Waals surface area contributed by atoms with Crippen LogP contribution in [0, 0.1) is 16.7 Å². The molecule has 0 aliphatic heterocycles. The summed E-state index contributed by atoms with van der Waals surface area (Å²) in [6.45, 7) is 8.50. The van der Waals surface area contributed by atoms with Crippen molar-refractivity contribution in [2.45, 2.75) is 59.2 Å². The van der Waals surface area contributed by atoms with Crippen LogP contribution >= 0.6 is 0 Å².